The first kappa shape index (κ1) is 14.6. The van der Waals surface area contributed by atoms with Crippen LogP contribution in [0.4, 0.5) is 5.82 Å². The summed E-state index contributed by atoms with van der Waals surface area (Å²) in [6.07, 6.45) is 3.59. The molecule has 0 N–H and O–H groups in total. The lowest BCUT2D eigenvalue weighted by molar-refractivity contribution is 0.475. The summed E-state index contributed by atoms with van der Waals surface area (Å²) in [7, 11) is 0. The second-order valence-corrected chi connectivity index (χ2v) is 6.08. The second-order valence-electron chi connectivity index (χ2n) is 6.08. The van der Waals surface area contributed by atoms with E-state index in [1.165, 1.54) is 0 Å². The van der Waals surface area contributed by atoms with Crippen molar-refractivity contribution in [3.8, 4) is 6.07 Å². The van der Waals surface area contributed by atoms with Gasteiger partial charge >= 0.3 is 0 Å². The highest BCUT2D eigenvalue weighted by Crippen LogP contribution is 2.28. The molecule has 4 rings (SSSR count). The smallest absolute Gasteiger partial charge is 0.177 e. The summed E-state index contributed by atoms with van der Waals surface area (Å²) >= 11 is 0. The molecule has 0 saturated carbocycles. The van der Waals surface area contributed by atoms with Gasteiger partial charge in [0, 0.05) is 25.2 Å². The fourth-order valence-electron chi connectivity index (χ4n) is 3.16. The van der Waals surface area contributed by atoms with Crippen LogP contribution < -0.4 is 4.90 Å². The fourth-order valence-corrected chi connectivity index (χ4v) is 3.16. The van der Waals surface area contributed by atoms with Crippen molar-refractivity contribution in [3.05, 3.63) is 47.5 Å². The van der Waals surface area contributed by atoms with E-state index in [1.807, 2.05) is 35.7 Å². The zero-order valence-electron chi connectivity index (χ0n) is 13.4. The van der Waals surface area contributed by atoms with Gasteiger partial charge in [-0.3, -0.25) is 0 Å². The van der Waals surface area contributed by atoms with Gasteiger partial charge in [0.25, 0.3) is 0 Å². The molecule has 0 spiro atoms. The summed E-state index contributed by atoms with van der Waals surface area (Å²) in [5.41, 5.74) is 2.35. The van der Waals surface area contributed by atoms with E-state index in [0.717, 1.165) is 48.9 Å². The number of pyridine rings is 1. The molecule has 0 aromatic carbocycles. The summed E-state index contributed by atoms with van der Waals surface area (Å²) < 4.78 is 1.87. The molecule has 120 valence electrons. The lowest BCUT2D eigenvalue weighted by Crippen LogP contribution is -2.34. The number of rotatable bonds is 2. The van der Waals surface area contributed by atoms with E-state index in [4.69, 9.17) is 5.26 Å². The molecule has 0 amide bonds. The van der Waals surface area contributed by atoms with Gasteiger partial charge in [0.15, 0.2) is 11.5 Å². The number of anilines is 1. The lowest BCUT2D eigenvalue weighted by atomic mass is 9.96. The van der Waals surface area contributed by atoms with Gasteiger partial charge in [-0.05, 0) is 44.0 Å². The molecule has 0 unspecified atom stereocenters. The quantitative estimate of drug-likeness (QED) is 0.719. The first-order valence-corrected chi connectivity index (χ1v) is 8.04. The first-order chi connectivity index (χ1) is 11.7. The minimum atomic E-state index is 0.351. The fraction of sp³-hybridized carbons (Fsp3) is 0.353. The van der Waals surface area contributed by atoms with Crippen LogP contribution in [0.1, 0.15) is 35.8 Å². The molecule has 1 saturated heterocycles. The van der Waals surface area contributed by atoms with Gasteiger partial charge in [0.1, 0.15) is 11.9 Å². The van der Waals surface area contributed by atoms with E-state index < -0.39 is 0 Å². The Hall–Kier alpha value is -3.01. The number of nitriles is 1. The Morgan fingerprint density at radius 3 is 2.67 bits per heavy atom. The molecule has 1 fully saturated rings. The molecule has 0 radical (unpaired) electrons. The van der Waals surface area contributed by atoms with E-state index >= 15 is 0 Å². The highest BCUT2D eigenvalue weighted by atomic mass is 15.4. The third-order valence-electron chi connectivity index (χ3n) is 4.48. The van der Waals surface area contributed by atoms with Crippen molar-refractivity contribution in [2.45, 2.75) is 25.7 Å². The number of piperidine rings is 1. The van der Waals surface area contributed by atoms with E-state index in [1.54, 1.807) is 6.20 Å². The van der Waals surface area contributed by atoms with Crippen molar-refractivity contribution in [2.75, 3.05) is 18.0 Å². The molecule has 7 heteroatoms. The number of hydrogen-bond acceptors (Lipinski definition) is 6. The lowest BCUT2D eigenvalue weighted by Gasteiger charge is -2.31. The van der Waals surface area contributed by atoms with E-state index in [-0.39, 0.29) is 0 Å². The van der Waals surface area contributed by atoms with Crippen LogP contribution in [0.3, 0.4) is 0 Å². The highest BCUT2D eigenvalue weighted by molar-refractivity contribution is 5.42. The van der Waals surface area contributed by atoms with E-state index in [2.05, 4.69) is 31.2 Å². The van der Waals surface area contributed by atoms with E-state index in [0.29, 0.717) is 11.5 Å². The van der Waals surface area contributed by atoms with Crippen molar-refractivity contribution in [3.63, 3.8) is 0 Å². The zero-order valence-corrected chi connectivity index (χ0v) is 13.4. The Labute approximate surface area is 139 Å². The Morgan fingerprint density at radius 2 is 1.96 bits per heavy atom. The van der Waals surface area contributed by atoms with Gasteiger partial charge in [-0.1, -0.05) is 0 Å². The zero-order chi connectivity index (χ0) is 16.5. The minimum Gasteiger partial charge on any atom is -0.357 e. The molecule has 1 aliphatic rings. The van der Waals surface area contributed by atoms with Gasteiger partial charge in [-0.2, -0.15) is 14.9 Å². The monoisotopic (exact) mass is 319 g/mol. The van der Waals surface area contributed by atoms with Crippen LogP contribution in [-0.4, -0.2) is 37.9 Å². The maximum absolute atomic E-state index is 8.86. The van der Waals surface area contributed by atoms with Gasteiger partial charge in [-0.25, -0.2) is 4.98 Å². The number of aromatic nitrogens is 5. The molecule has 4 heterocycles. The number of aryl methyl sites for hydroxylation is 1. The Kier molecular flexibility index (Phi) is 3.58. The summed E-state index contributed by atoms with van der Waals surface area (Å²) in [5, 5.41) is 22.0. The standard InChI is InChI=1S/C17H17N7/c1-12-2-4-16-20-21-17(24(16)22-12)14-6-8-23(9-7-14)15-5-3-13(10-18)11-19-15/h2-5,11,14H,6-9H2,1H3. The average molecular weight is 319 g/mol. The molecular weight excluding hydrogens is 302 g/mol. The summed E-state index contributed by atoms with van der Waals surface area (Å²) in [5.74, 6) is 2.22. The normalized spacial score (nSPS) is 15.6. The third-order valence-corrected chi connectivity index (χ3v) is 4.48. The van der Waals surface area contributed by atoms with Crippen molar-refractivity contribution in [1.82, 2.24) is 24.8 Å². The molecule has 0 bridgehead atoms. The molecule has 3 aromatic rings. The largest absolute Gasteiger partial charge is 0.357 e. The first-order valence-electron chi connectivity index (χ1n) is 8.04. The highest BCUT2D eigenvalue weighted by Gasteiger charge is 2.25. The number of nitrogens with zero attached hydrogens (tertiary/aromatic N) is 7. The Bertz CT molecular complexity index is 899. The SMILES string of the molecule is Cc1ccc2nnc(C3CCN(c4ccc(C#N)cn4)CC3)n2n1. The second kappa shape index (κ2) is 5.89. The maximum Gasteiger partial charge on any atom is 0.177 e. The molecular formula is C17H17N7. The van der Waals surface area contributed by atoms with E-state index in [9.17, 15) is 0 Å². The van der Waals surface area contributed by atoms with Crippen LogP contribution in [0.5, 0.6) is 0 Å². The predicted molar refractivity (Wildman–Crippen MR) is 88.7 cm³/mol. The van der Waals surface area contributed by atoms with Crippen LogP contribution in [0.25, 0.3) is 5.65 Å². The summed E-state index contributed by atoms with van der Waals surface area (Å²) in [6, 6.07) is 9.73. The van der Waals surface area contributed by atoms with Crippen LogP contribution in [0.15, 0.2) is 30.5 Å². The van der Waals surface area contributed by atoms with Gasteiger partial charge in [0.05, 0.1) is 11.3 Å². The van der Waals surface area contributed by atoms with Crippen LogP contribution in [0.2, 0.25) is 0 Å². The van der Waals surface area contributed by atoms with Crippen molar-refractivity contribution >= 4 is 11.5 Å². The van der Waals surface area contributed by atoms with Crippen LogP contribution >= 0.6 is 0 Å². The molecule has 0 atom stereocenters. The topological polar surface area (TPSA) is 83.0 Å². The van der Waals surface area contributed by atoms with Crippen LogP contribution in [-0.2, 0) is 0 Å². The number of fused-ring (bicyclic) bond motifs is 1. The van der Waals surface area contributed by atoms with Crippen molar-refractivity contribution in [2.24, 2.45) is 0 Å². The predicted octanol–water partition coefficient (Wildman–Crippen LogP) is 2.08. The van der Waals surface area contributed by atoms with Crippen molar-refractivity contribution in [1.29, 1.82) is 5.26 Å². The summed E-state index contributed by atoms with van der Waals surface area (Å²) in [6.45, 7) is 3.79. The Morgan fingerprint density at radius 1 is 1.12 bits per heavy atom. The molecule has 1 aliphatic heterocycles. The minimum absolute atomic E-state index is 0.351. The van der Waals surface area contributed by atoms with Crippen molar-refractivity contribution < 1.29 is 0 Å². The van der Waals surface area contributed by atoms with Crippen LogP contribution in [0, 0.1) is 18.3 Å². The van der Waals surface area contributed by atoms with Gasteiger partial charge in [0.2, 0.25) is 0 Å². The van der Waals surface area contributed by atoms with Gasteiger partial charge < -0.3 is 4.90 Å². The summed E-state index contributed by atoms with van der Waals surface area (Å²) in [4.78, 5) is 6.63. The number of hydrogen-bond donors (Lipinski definition) is 0. The molecule has 3 aromatic heterocycles. The molecule has 24 heavy (non-hydrogen) atoms. The maximum atomic E-state index is 8.86. The molecule has 7 nitrogen and oxygen atoms in total. The van der Waals surface area contributed by atoms with Gasteiger partial charge in [-0.15, -0.1) is 10.2 Å². The molecule has 0 aliphatic carbocycles. The Balaban J connectivity index is 1.51. The third kappa shape index (κ3) is 2.56. The average Bonchev–Trinajstić information content (AvgIpc) is 3.05.